The molecule has 1 aliphatic heterocycles. The van der Waals surface area contributed by atoms with E-state index in [4.69, 9.17) is 14.2 Å². The van der Waals surface area contributed by atoms with E-state index in [9.17, 15) is 4.79 Å². The van der Waals surface area contributed by atoms with Crippen molar-refractivity contribution >= 4 is 44.3 Å². The van der Waals surface area contributed by atoms with Crippen molar-refractivity contribution < 1.29 is 19.0 Å². The van der Waals surface area contributed by atoms with Gasteiger partial charge in [-0.2, -0.15) is 0 Å². The maximum absolute atomic E-state index is 11.8. The molecule has 1 aromatic heterocycles. The van der Waals surface area contributed by atoms with Crippen LogP contribution in [0, 0.1) is 5.92 Å². The zero-order chi connectivity index (χ0) is 24.8. The van der Waals surface area contributed by atoms with Gasteiger partial charge >= 0.3 is 5.97 Å². The van der Waals surface area contributed by atoms with E-state index >= 15 is 0 Å². The first kappa shape index (κ1) is 25.2. The van der Waals surface area contributed by atoms with Gasteiger partial charge in [-0.3, -0.25) is 9.69 Å². The van der Waals surface area contributed by atoms with E-state index in [-0.39, 0.29) is 12.0 Å². The minimum Gasteiger partial charge on any atom is -0.493 e. The van der Waals surface area contributed by atoms with Crippen molar-refractivity contribution in [2.24, 2.45) is 5.92 Å². The smallest absolute Gasteiger partial charge is 0.322 e. The number of esters is 1. The fraction of sp³-hybridized carbons (Fsp3) is 0.423. The van der Waals surface area contributed by atoms with Gasteiger partial charge in [0.1, 0.15) is 18.2 Å². The summed E-state index contributed by atoms with van der Waals surface area (Å²) in [5.41, 5.74) is 1.69. The number of hydrogen-bond acceptors (Lipinski definition) is 8. The molecule has 0 bridgehead atoms. The summed E-state index contributed by atoms with van der Waals surface area (Å²) in [4.78, 5) is 22.9. The van der Waals surface area contributed by atoms with E-state index in [0.29, 0.717) is 29.8 Å². The quantitative estimate of drug-likeness (QED) is 0.370. The standard InChI is InChI=1S/C26H31BrN4O4/c1-17(26(32)34-3)31-10-7-18(8-11-31)9-12-35-24-14-21-22(15-23(24)33-2)28-16-29-25(21)30-20-6-4-5-19(27)13-20/h4-6,13-18H,7-12H2,1-3H3,(H,28,29,30). The Labute approximate surface area is 214 Å². The van der Waals surface area contributed by atoms with Crippen molar-refractivity contribution in [2.45, 2.75) is 32.2 Å². The largest absolute Gasteiger partial charge is 0.493 e. The number of fused-ring (bicyclic) bond motifs is 1. The summed E-state index contributed by atoms with van der Waals surface area (Å²) in [6, 6.07) is 11.5. The third kappa shape index (κ3) is 6.21. The fourth-order valence-corrected chi connectivity index (χ4v) is 4.82. The number of ether oxygens (including phenoxy) is 3. The minimum atomic E-state index is -0.193. The van der Waals surface area contributed by atoms with E-state index in [0.717, 1.165) is 53.4 Å². The number of nitrogens with zero attached hydrogens (tertiary/aromatic N) is 3. The topological polar surface area (TPSA) is 85.8 Å². The maximum Gasteiger partial charge on any atom is 0.322 e. The van der Waals surface area contributed by atoms with Crippen LogP contribution >= 0.6 is 15.9 Å². The monoisotopic (exact) mass is 542 g/mol. The average Bonchev–Trinajstić information content (AvgIpc) is 2.88. The highest BCUT2D eigenvalue weighted by Gasteiger charge is 2.27. The molecule has 2 heterocycles. The molecule has 1 N–H and O–H groups in total. The molecule has 0 aliphatic carbocycles. The Balaban J connectivity index is 1.41. The van der Waals surface area contributed by atoms with Crippen LogP contribution in [0.3, 0.4) is 0 Å². The van der Waals surface area contributed by atoms with Crippen molar-refractivity contribution in [2.75, 3.05) is 39.2 Å². The summed E-state index contributed by atoms with van der Waals surface area (Å²) < 4.78 is 17.6. The zero-order valence-electron chi connectivity index (χ0n) is 20.3. The molecule has 9 heteroatoms. The molecule has 0 radical (unpaired) electrons. The maximum atomic E-state index is 11.8. The second kappa shape index (κ2) is 11.7. The lowest BCUT2D eigenvalue weighted by molar-refractivity contribution is -0.146. The molecule has 1 saturated heterocycles. The van der Waals surface area contributed by atoms with E-state index in [1.807, 2.05) is 43.3 Å². The molecular formula is C26H31BrN4O4. The highest BCUT2D eigenvalue weighted by molar-refractivity contribution is 9.10. The first-order chi connectivity index (χ1) is 17.0. The molecule has 8 nitrogen and oxygen atoms in total. The first-order valence-electron chi connectivity index (χ1n) is 11.8. The van der Waals surface area contributed by atoms with Crippen molar-refractivity contribution in [1.82, 2.24) is 14.9 Å². The first-order valence-corrected chi connectivity index (χ1v) is 12.6. The predicted octanol–water partition coefficient (Wildman–Crippen LogP) is 5.19. The van der Waals surface area contributed by atoms with E-state index in [1.54, 1.807) is 7.11 Å². The molecule has 1 aliphatic rings. The summed E-state index contributed by atoms with van der Waals surface area (Å²) >= 11 is 3.50. The van der Waals surface area contributed by atoms with Gasteiger partial charge < -0.3 is 19.5 Å². The van der Waals surface area contributed by atoms with Crippen LogP contribution in [-0.4, -0.2) is 60.8 Å². The number of anilines is 2. The summed E-state index contributed by atoms with van der Waals surface area (Å²) in [7, 11) is 3.07. The van der Waals surface area contributed by atoms with Crippen LogP contribution in [0.2, 0.25) is 0 Å². The second-order valence-corrected chi connectivity index (χ2v) is 9.61. The van der Waals surface area contributed by atoms with Crippen LogP contribution in [0.15, 0.2) is 47.2 Å². The number of carbonyl (C=O) groups excluding carboxylic acids is 1. The lowest BCUT2D eigenvalue weighted by Gasteiger charge is -2.34. The number of benzene rings is 2. The number of nitrogens with one attached hydrogen (secondary N) is 1. The molecule has 1 fully saturated rings. The fourth-order valence-electron chi connectivity index (χ4n) is 4.42. The molecule has 0 saturated carbocycles. The Hall–Kier alpha value is -2.91. The summed E-state index contributed by atoms with van der Waals surface area (Å²) in [5.74, 6) is 2.40. The van der Waals surface area contributed by atoms with E-state index in [1.165, 1.54) is 13.4 Å². The Morgan fingerprint density at radius 1 is 1.17 bits per heavy atom. The molecule has 2 aromatic carbocycles. The molecule has 4 rings (SSSR count). The Kier molecular flexibility index (Phi) is 8.41. The van der Waals surface area contributed by atoms with E-state index < -0.39 is 0 Å². The predicted molar refractivity (Wildman–Crippen MR) is 139 cm³/mol. The van der Waals surface area contributed by atoms with Gasteiger partial charge in [-0.25, -0.2) is 9.97 Å². The SMILES string of the molecule is COC(=O)C(C)N1CCC(CCOc2cc3c(Nc4cccc(Br)c4)ncnc3cc2OC)CC1. The average molecular weight is 543 g/mol. The number of piperidine rings is 1. The number of methoxy groups -OCH3 is 2. The number of rotatable bonds is 9. The van der Waals surface area contributed by atoms with Crippen molar-refractivity contribution in [1.29, 1.82) is 0 Å². The van der Waals surface area contributed by atoms with Gasteiger partial charge in [0, 0.05) is 21.6 Å². The Bertz CT molecular complexity index is 1170. The van der Waals surface area contributed by atoms with Gasteiger partial charge in [0.25, 0.3) is 0 Å². The molecule has 1 unspecified atom stereocenters. The van der Waals surface area contributed by atoms with Crippen LogP contribution < -0.4 is 14.8 Å². The Morgan fingerprint density at radius 3 is 2.69 bits per heavy atom. The van der Waals surface area contributed by atoms with Gasteiger partial charge in [-0.1, -0.05) is 22.0 Å². The van der Waals surface area contributed by atoms with Crippen LogP contribution in [0.25, 0.3) is 10.9 Å². The number of likely N-dealkylation sites (tertiary alicyclic amines) is 1. The van der Waals surface area contributed by atoms with Gasteiger partial charge in [0.2, 0.25) is 0 Å². The lowest BCUT2D eigenvalue weighted by atomic mass is 9.93. The molecule has 186 valence electrons. The highest BCUT2D eigenvalue weighted by Crippen LogP contribution is 2.35. The van der Waals surface area contributed by atoms with Gasteiger partial charge in [0.15, 0.2) is 11.5 Å². The van der Waals surface area contributed by atoms with Crippen LogP contribution in [0.1, 0.15) is 26.2 Å². The minimum absolute atomic E-state index is 0.173. The van der Waals surface area contributed by atoms with Crippen LogP contribution in [-0.2, 0) is 9.53 Å². The number of aromatic nitrogens is 2. The van der Waals surface area contributed by atoms with Crippen molar-refractivity contribution in [3.05, 3.63) is 47.2 Å². The second-order valence-electron chi connectivity index (χ2n) is 8.69. The molecule has 3 aromatic rings. The summed E-state index contributed by atoms with van der Waals surface area (Å²) in [6.45, 7) is 4.27. The number of halogens is 1. The molecule has 1 atom stereocenters. The third-order valence-corrected chi connectivity index (χ3v) is 7.02. The Morgan fingerprint density at radius 2 is 1.97 bits per heavy atom. The molecule has 0 spiro atoms. The van der Waals surface area contributed by atoms with Gasteiger partial charge in [0.05, 0.1) is 26.3 Å². The van der Waals surface area contributed by atoms with E-state index in [2.05, 4.69) is 36.1 Å². The number of carbonyl (C=O) groups is 1. The van der Waals surface area contributed by atoms with Gasteiger partial charge in [-0.05, 0) is 69.5 Å². The van der Waals surface area contributed by atoms with Gasteiger partial charge in [-0.15, -0.1) is 0 Å². The molecular weight excluding hydrogens is 512 g/mol. The molecule has 35 heavy (non-hydrogen) atoms. The van der Waals surface area contributed by atoms with Crippen LogP contribution in [0.4, 0.5) is 11.5 Å². The normalized spacial score (nSPS) is 15.5. The zero-order valence-corrected chi connectivity index (χ0v) is 21.9. The van der Waals surface area contributed by atoms with Crippen molar-refractivity contribution in [3.63, 3.8) is 0 Å². The lowest BCUT2D eigenvalue weighted by Crippen LogP contribution is -2.44. The number of hydrogen-bond donors (Lipinski definition) is 1. The third-order valence-electron chi connectivity index (χ3n) is 6.53. The highest BCUT2D eigenvalue weighted by atomic mass is 79.9. The van der Waals surface area contributed by atoms with Crippen LogP contribution in [0.5, 0.6) is 11.5 Å². The summed E-state index contributed by atoms with van der Waals surface area (Å²) in [5, 5.41) is 4.23. The summed E-state index contributed by atoms with van der Waals surface area (Å²) in [6.07, 6.45) is 4.55. The van der Waals surface area contributed by atoms with Crippen molar-refractivity contribution in [3.8, 4) is 11.5 Å². The molecule has 0 amide bonds.